The van der Waals surface area contributed by atoms with E-state index in [4.69, 9.17) is 22.9 Å². The summed E-state index contributed by atoms with van der Waals surface area (Å²) in [5, 5.41) is 0. The summed E-state index contributed by atoms with van der Waals surface area (Å²) in [6.07, 6.45) is 0.268. The summed E-state index contributed by atoms with van der Waals surface area (Å²) in [7, 11) is 0. The fraction of sp³-hybridized carbons (Fsp3) is 1.00. The SMILES string of the molecule is NCC(N)CC(N)N. The number of rotatable bonds is 3. The first-order valence-electron chi connectivity index (χ1n) is 2.63. The molecule has 0 aliphatic rings. The summed E-state index contributed by atoms with van der Waals surface area (Å²) in [4.78, 5) is 0. The molecule has 4 heteroatoms. The highest BCUT2D eigenvalue weighted by Gasteiger charge is 2.01. The van der Waals surface area contributed by atoms with E-state index in [9.17, 15) is 0 Å². The van der Waals surface area contributed by atoms with Crippen LogP contribution >= 0.6 is 0 Å². The molecule has 50 valence electrons. The molecule has 0 aromatic heterocycles. The van der Waals surface area contributed by atoms with Gasteiger partial charge in [-0.25, -0.2) is 0 Å². The Morgan fingerprint density at radius 1 is 1.12 bits per heavy atom. The van der Waals surface area contributed by atoms with Crippen molar-refractivity contribution in [1.29, 1.82) is 0 Å². The highest BCUT2D eigenvalue weighted by Crippen LogP contribution is 1.83. The number of hydrogen-bond acceptors (Lipinski definition) is 4. The van der Waals surface area contributed by atoms with Crippen molar-refractivity contribution in [1.82, 2.24) is 0 Å². The second-order valence-corrected chi connectivity index (χ2v) is 1.90. The van der Waals surface area contributed by atoms with Crippen molar-refractivity contribution >= 4 is 0 Å². The first kappa shape index (κ1) is 7.84. The van der Waals surface area contributed by atoms with Crippen molar-refractivity contribution in [3.8, 4) is 0 Å². The maximum Gasteiger partial charge on any atom is 0.0536 e. The second kappa shape index (κ2) is 3.80. The Morgan fingerprint density at radius 3 is 1.75 bits per heavy atom. The third kappa shape index (κ3) is 4.01. The van der Waals surface area contributed by atoms with Crippen LogP contribution in [0.4, 0.5) is 0 Å². The molecule has 8 heavy (non-hydrogen) atoms. The summed E-state index contributed by atoms with van der Waals surface area (Å²) in [5.41, 5.74) is 21.0. The van der Waals surface area contributed by atoms with Crippen LogP contribution in [0.25, 0.3) is 0 Å². The molecule has 1 unspecified atom stereocenters. The molecule has 0 aliphatic heterocycles. The minimum atomic E-state index is -0.325. The molecule has 0 saturated carbocycles. The van der Waals surface area contributed by atoms with E-state index in [2.05, 4.69) is 0 Å². The molecule has 1 atom stereocenters. The van der Waals surface area contributed by atoms with Crippen LogP contribution in [0.3, 0.4) is 0 Å². The van der Waals surface area contributed by atoms with Crippen LogP contribution in [0.2, 0.25) is 0 Å². The third-order valence-electron chi connectivity index (χ3n) is 0.878. The molecular formula is C4H14N4. The molecule has 0 bridgehead atoms. The van der Waals surface area contributed by atoms with Crippen LogP contribution in [-0.2, 0) is 0 Å². The minimum Gasteiger partial charge on any atom is -0.329 e. The van der Waals surface area contributed by atoms with Gasteiger partial charge in [0.15, 0.2) is 0 Å². The van der Waals surface area contributed by atoms with Crippen LogP contribution in [-0.4, -0.2) is 18.8 Å². The van der Waals surface area contributed by atoms with Crippen LogP contribution in [0.5, 0.6) is 0 Å². The molecule has 0 radical (unpaired) electrons. The van der Waals surface area contributed by atoms with Crippen molar-refractivity contribution in [2.75, 3.05) is 6.54 Å². The summed E-state index contributed by atoms with van der Waals surface area (Å²) < 4.78 is 0. The van der Waals surface area contributed by atoms with Crippen LogP contribution in [0.1, 0.15) is 6.42 Å². The second-order valence-electron chi connectivity index (χ2n) is 1.90. The largest absolute Gasteiger partial charge is 0.329 e. The topological polar surface area (TPSA) is 104 Å². The summed E-state index contributed by atoms with van der Waals surface area (Å²) in [5.74, 6) is 0. The van der Waals surface area contributed by atoms with Gasteiger partial charge in [-0.05, 0) is 6.42 Å². The van der Waals surface area contributed by atoms with Gasteiger partial charge in [-0.15, -0.1) is 0 Å². The fourth-order valence-electron chi connectivity index (χ4n) is 0.446. The Morgan fingerprint density at radius 2 is 1.62 bits per heavy atom. The molecular weight excluding hydrogens is 104 g/mol. The zero-order valence-electron chi connectivity index (χ0n) is 4.88. The predicted molar refractivity (Wildman–Crippen MR) is 33.8 cm³/mol. The molecule has 0 spiro atoms. The van der Waals surface area contributed by atoms with Crippen LogP contribution in [0, 0.1) is 0 Å². The Bertz CT molecular complexity index is 54.0. The van der Waals surface area contributed by atoms with E-state index in [1.165, 1.54) is 0 Å². The number of nitrogens with two attached hydrogens (primary N) is 4. The zero-order valence-corrected chi connectivity index (χ0v) is 4.88. The molecule has 0 aromatic carbocycles. The van der Waals surface area contributed by atoms with Crippen molar-refractivity contribution in [2.24, 2.45) is 22.9 Å². The van der Waals surface area contributed by atoms with Crippen LogP contribution < -0.4 is 22.9 Å². The molecule has 0 fully saturated rings. The van der Waals surface area contributed by atoms with Crippen molar-refractivity contribution in [3.05, 3.63) is 0 Å². The quantitative estimate of drug-likeness (QED) is 0.319. The average molecular weight is 118 g/mol. The maximum atomic E-state index is 5.39. The molecule has 0 heterocycles. The highest BCUT2D eigenvalue weighted by atomic mass is 14.9. The lowest BCUT2D eigenvalue weighted by Gasteiger charge is -2.09. The molecule has 4 nitrogen and oxygen atoms in total. The molecule has 0 aromatic rings. The van der Waals surface area contributed by atoms with Crippen LogP contribution in [0.15, 0.2) is 0 Å². The highest BCUT2D eigenvalue weighted by molar-refractivity contribution is 4.65. The summed E-state index contributed by atoms with van der Waals surface area (Å²) in [6, 6.07) is -0.0463. The Labute approximate surface area is 49.2 Å². The molecule has 0 amide bonds. The minimum absolute atomic E-state index is 0.0463. The smallest absolute Gasteiger partial charge is 0.0536 e. The van der Waals surface area contributed by atoms with E-state index in [0.717, 1.165) is 0 Å². The van der Waals surface area contributed by atoms with E-state index in [1.54, 1.807) is 0 Å². The fourth-order valence-corrected chi connectivity index (χ4v) is 0.446. The van der Waals surface area contributed by atoms with Gasteiger partial charge in [-0.2, -0.15) is 0 Å². The van der Waals surface area contributed by atoms with E-state index < -0.39 is 0 Å². The van der Waals surface area contributed by atoms with E-state index in [1.807, 2.05) is 0 Å². The monoisotopic (exact) mass is 118 g/mol. The Balaban J connectivity index is 3.10. The van der Waals surface area contributed by atoms with E-state index in [-0.39, 0.29) is 12.2 Å². The van der Waals surface area contributed by atoms with Crippen molar-refractivity contribution < 1.29 is 0 Å². The normalized spacial score (nSPS) is 14.6. The van der Waals surface area contributed by atoms with Gasteiger partial charge in [0.25, 0.3) is 0 Å². The van der Waals surface area contributed by atoms with Gasteiger partial charge < -0.3 is 22.9 Å². The number of hydrogen-bond donors (Lipinski definition) is 4. The summed E-state index contributed by atoms with van der Waals surface area (Å²) in [6.45, 7) is 0.449. The molecule has 8 N–H and O–H groups in total. The van der Waals surface area contributed by atoms with Gasteiger partial charge in [0.1, 0.15) is 0 Å². The van der Waals surface area contributed by atoms with Gasteiger partial charge in [0, 0.05) is 12.6 Å². The standard InChI is InChI=1S/C4H14N4/c5-2-3(6)1-4(7)8/h3-4H,1-2,5-8H2. The first-order chi connectivity index (χ1) is 3.66. The molecule has 0 aliphatic carbocycles. The van der Waals surface area contributed by atoms with Crippen molar-refractivity contribution in [2.45, 2.75) is 18.6 Å². The van der Waals surface area contributed by atoms with Crippen molar-refractivity contribution in [3.63, 3.8) is 0 Å². The lowest BCUT2D eigenvalue weighted by molar-refractivity contribution is 0.539. The molecule has 0 rings (SSSR count). The third-order valence-corrected chi connectivity index (χ3v) is 0.878. The first-order valence-corrected chi connectivity index (χ1v) is 2.63. The predicted octanol–water partition coefficient (Wildman–Crippen LogP) is -2.09. The lowest BCUT2D eigenvalue weighted by atomic mass is 10.2. The molecule has 0 saturated heterocycles. The van der Waals surface area contributed by atoms with Gasteiger partial charge in [0.05, 0.1) is 6.17 Å². The van der Waals surface area contributed by atoms with Gasteiger partial charge in [-0.1, -0.05) is 0 Å². The maximum absolute atomic E-state index is 5.39. The Kier molecular flexibility index (Phi) is 3.72. The van der Waals surface area contributed by atoms with Gasteiger partial charge in [-0.3, -0.25) is 0 Å². The Hall–Kier alpha value is -0.160. The summed E-state index contributed by atoms with van der Waals surface area (Å²) >= 11 is 0. The van der Waals surface area contributed by atoms with Gasteiger partial charge in [0.2, 0.25) is 0 Å². The van der Waals surface area contributed by atoms with E-state index in [0.29, 0.717) is 13.0 Å². The van der Waals surface area contributed by atoms with Gasteiger partial charge >= 0.3 is 0 Å². The average Bonchev–Trinajstić information content (AvgIpc) is 1.65. The van der Waals surface area contributed by atoms with E-state index >= 15 is 0 Å². The zero-order chi connectivity index (χ0) is 6.57. The lowest BCUT2D eigenvalue weighted by Crippen LogP contribution is -2.41.